The molecule has 0 saturated carbocycles. The van der Waals surface area contributed by atoms with Crippen LogP contribution in [0, 0.1) is 0 Å². The van der Waals surface area contributed by atoms with Crippen LogP contribution in [-0.2, 0) is 16.6 Å². The van der Waals surface area contributed by atoms with Gasteiger partial charge in [-0.2, -0.15) is 0 Å². The number of nitrogens with one attached hydrogen (secondary N) is 3. The van der Waals surface area contributed by atoms with E-state index in [4.69, 9.17) is 0 Å². The number of urea groups is 1. The monoisotopic (exact) mass is 365 g/mol. The summed E-state index contributed by atoms with van der Waals surface area (Å²) in [5.41, 5.74) is 0.940. The van der Waals surface area contributed by atoms with Gasteiger partial charge in [-0.1, -0.05) is 13.0 Å². The summed E-state index contributed by atoms with van der Waals surface area (Å²) < 4.78 is 28.0. The largest absolute Gasteiger partial charge is 0.338 e. The van der Waals surface area contributed by atoms with Crippen molar-refractivity contribution in [2.24, 2.45) is 0 Å². The highest BCUT2D eigenvalue weighted by molar-refractivity contribution is 7.92. The summed E-state index contributed by atoms with van der Waals surface area (Å²) in [5.74, 6) is 0.0576. The van der Waals surface area contributed by atoms with Crippen molar-refractivity contribution in [3.63, 3.8) is 0 Å². The lowest BCUT2D eigenvalue weighted by Gasteiger charge is -2.11. The zero-order valence-corrected chi connectivity index (χ0v) is 14.9. The highest BCUT2D eigenvalue weighted by Crippen LogP contribution is 2.16. The predicted octanol–water partition coefficient (Wildman–Crippen LogP) is 2.25. The minimum atomic E-state index is -3.35. The first kappa shape index (κ1) is 18.8. The Hall–Kier alpha value is -2.55. The third-order valence-corrected chi connectivity index (χ3v) is 4.80. The molecule has 1 aromatic carbocycles. The van der Waals surface area contributed by atoms with Crippen LogP contribution in [0.3, 0.4) is 0 Å². The Balaban J connectivity index is 1.79. The van der Waals surface area contributed by atoms with Crippen LogP contribution in [0.25, 0.3) is 0 Å². The van der Waals surface area contributed by atoms with Gasteiger partial charge in [-0.05, 0) is 31.0 Å². The smallest absolute Gasteiger partial charge is 0.319 e. The Morgan fingerprint density at radius 2 is 2.08 bits per heavy atom. The average molecular weight is 365 g/mol. The Kier molecular flexibility index (Phi) is 6.81. The van der Waals surface area contributed by atoms with Crippen LogP contribution >= 0.6 is 0 Å². The molecule has 0 unspecified atom stereocenters. The lowest BCUT2D eigenvalue weighted by Crippen LogP contribution is -2.30. The van der Waals surface area contributed by atoms with Crippen molar-refractivity contribution in [2.45, 2.75) is 26.3 Å². The van der Waals surface area contributed by atoms with E-state index >= 15 is 0 Å². The van der Waals surface area contributed by atoms with E-state index < -0.39 is 10.0 Å². The number of aromatic nitrogens is 2. The van der Waals surface area contributed by atoms with Gasteiger partial charge in [0.15, 0.2) is 0 Å². The van der Waals surface area contributed by atoms with E-state index in [1.165, 1.54) is 0 Å². The number of carbonyl (C=O) groups is 1. The Bertz CT molecular complexity index is 775. The van der Waals surface area contributed by atoms with Gasteiger partial charge >= 0.3 is 6.03 Å². The van der Waals surface area contributed by atoms with Crippen molar-refractivity contribution in [1.29, 1.82) is 0 Å². The molecule has 2 rings (SSSR count). The van der Waals surface area contributed by atoms with Crippen molar-refractivity contribution < 1.29 is 13.2 Å². The van der Waals surface area contributed by atoms with Gasteiger partial charge in [0.05, 0.1) is 17.8 Å². The van der Waals surface area contributed by atoms with Crippen molar-refractivity contribution in [3.8, 4) is 0 Å². The van der Waals surface area contributed by atoms with Crippen LogP contribution < -0.4 is 15.4 Å². The summed E-state index contributed by atoms with van der Waals surface area (Å²) in [5, 5.41) is 5.45. The average Bonchev–Trinajstić information content (AvgIpc) is 3.04. The first-order chi connectivity index (χ1) is 12.0. The number of hydrogen-bond donors (Lipinski definition) is 3. The summed E-state index contributed by atoms with van der Waals surface area (Å²) in [6.07, 6.45) is 6.62. The highest BCUT2D eigenvalue weighted by Gasteiger charge is 2.09. The molecule has 0 bridgehead atoms. The molecule has 0 radical (unpaired) electrons. The maximum atomic E-state index is 11.9. The number of hydrogen-bond acceptors (Lipinski definition) is 4. The number of anilines is 2. The number of aryl methyl sites for hydroxylation is 1. The van der Waals surface area contributed by atoms with Gasteiger partial charge in [0, 0.05) is 31.2 Å². The zero-order valence-electron chi connectivity index (χ0n) is 14.1. The van der Waals surface area contributed by atoms with E-state index in [2.05, 4.69) is 20.3 Å². The fourth-order valence-electron chi connectivity index (χ4n) is 2.22. The van der Waals surface area contributed by atoms with Crippen LogP contribution in [0.15, 0.2) is 43.0 Å². The molecule has 0 atom stereocenters. The van der Waals surface area contributed by atoms with E-state index in [1.54, 1.807) is 43.7 Å². The van der Waals surface area contributed by atoms with Crippen LogP contribution in [0.4, 0.5) is 16.2 Å². The number of benzene rings is 1. The molecule has 3 N–H and O–H groups in total. The molecule has 0 aliphatic carbocycles. The van der Waals surface area contributed by atoms with Crippen molar-refractivity contribution in [1.82, 2.24) is 14.9 Å². The molecule has 1 heterocycles. The summed E-state index contributed by atoms with van der Waals surface area (Å²) in [6.45, 7) is 3.09. The lowest BCUT2D eigenvalue weighted by molar-refractivity contribution is 0.252. The van der Waals surface area contributed by atoms with E-state index in [0.29, 0.717) is 24.3 Å². The maximum Gasteiger partial charge on any atom is 0.319 e. The maximum absolute atomic E-state index is 11.9. The molecule has 136 valence electrons. The van der Waals surface area contributed by atoms with Crippen LogP contribution in [0.5, 0.6) is 0 Å². The third kappa shape index (κ3) is 6.84. The predicted molar refractivity (Wildman–Crippen MR) is 98.0 cm³/mol. The van der Waals surface area contributed by atoms with E-state index in [9.17, 15) is 13.2 Å². The standard InChI is InChI=1S/C16H23N5O3S/c1-2-11-25(23,24)20-15-6-3-5-14(12-15)19-16(22)18-7-4-9-21-10-8-17-13-21/h3,5-6,8,10,12-13,20H,2,4,7,9,11H2,1H3,(H2,18,19,22). The summed E-state index contributed by atoms with van der Waals surface area (Å²) in [7, 11) is -3.35. The Morgan fingerprint density at radius 1 is 1.28 bits per heavy atom. The molecule has 0 aliphatic heterocycles. The van der Waals surface area contributed by atoms with Gasteiger partial charge < -0.3 is 15.2 Å². The highest BCUT2D eigenvalue weighted by atomic mass is 32.2. The minimum Gasteiger partial charge on any atom is -0.338 e. The molecule has 0 spiro atoms. The quantitative estimate of drug-likeness (QED) is 0.593. The first-order valence-electron chi connectivity index (χ1n) is 8.09. The number of sulfonamides is 1. The second-order valence-corrected chi connectivity index (χ2v) is 7.38. The summed E-state index contributed by atoms with van der Waals surface area (Å²) in [6, 6.07) is 6.26. The molecule has 1 aromatic heterocycles. The molecule has 8 nitrogen and oxygen atoms in total. The molecule has 0 saturated heterocycles. The van der Waals surface area contributed by atoms with E-state index in [0.717, 1.165) is 13.0 Å². The number of amides is 2. The van der Waals surface area contributed by atoms with Crippen molar-refractivity contribution in [2.75, 3.05) is 22.3 Å². The SMILES string of the molecule is CCCS(=O)(=O)Nc1cccc(NC(=O)NCCCn2ccnc2)c1. The van der Waals surface area contributed by atoms with Crippen LogP contribution in [0.1, 0.15) is 19.8 Å². The number of nitrogens with zero attached hydrogens (tertiary/aromatic N) is 2. The fourth-order valence-corrected chi connectivity index (χ4v) is 3.34. The summed E-state index contributed by atoms with van der Waals surface area (Å²) in [4.78, 5) is 15.8. The minimum absolute atomic E-state index is 0.0576. The van der Waals surface area contributed by atoms with Gasteiger partial charge in [-0.15, -0.1) is 0 Å². The molecular formula is C16H23N5O3S. The Morgan fingerprint density at radius 3 is 2.80 bits per heavy atom. The molecule has 2 amide bonds. The van der Waals surface area contributed by atoms with Gasteiger partial charge in [0.2, 0.25) is 10.0 Å². The second-order valence-electron chi connectivity index (χ2n) is 5.54. The van der Waals surface area contributed by atoms with Gasteiger partial charge in [-0.25, -0.2) is 18.2 Å². The first-order valence-corrected chi connectivity index (χ1v) is 9.75. The molecule has 25 heavy (non-hydrogen) atoms. The fraction of sp³-hybridized carbons (Fsp3) is 0.375. The molecule has 0 aliphatic rings. The molecule has 9 heteroatoms. The number of imidazole rings is 1. The molecule has 0 fully saturated rings. The summed E-state index contributed by atoms with van der Waals surface area (Å²) >= 11 is 0. The van der Waals surface area contributed by atoms with Crippen molar-refractivity contribution >= 4 is 27.4 Å². The lowest BCUT2D eigenvalue weighted by atomic mass is 10.3. The van der Waals surface area contributed by atoms with E-state index in [1.807, 2.05) is 10.8 Å². The normalized spacial score (nSPS) is 11.1. The second kappa shape index (κ2) is 9.07. The third-order valence-electron chi connectivity index (χ3n) is 3.30. The Labute approximate surface area is 147 Å². The van der Waals surface area contributed by atoms with Crippen LogP contribution in [-0.4, -0.2) is 36.3 Å². The van der Waals surface area contributed by atoms with Gasteiger partial charge in [0.25, 0.3) is 0 Å². The van der Waals surface area contributed by atoms with Gasteiger partial charge in [0.1, 0.15) is 0 Å². The number of carbonyl (C=O) groups excluding carboxylic acids is 1. The molecular weight excluding hydrogens is 342 g/mol. The molecule has 2 aromatic rings. The van der Waals surface area contributed by atoms with Crippen molar-refractivity contribution in [3.05, 3.63) is 43.0 Å². The van der Waals surface area contributed by atoms with E-state index in [-0.39, 0.29) is 11.8 Å². The zero-order chi connectivity index (χ0) is 18.1. The van der Waals surface area contributed by atoms with Gasteiger partial charge in [-0.3, -0.25) is 4.72 Å². The topological polar surface area (TPSA) is 105 Å². The number of rotatable bonds is 9. The van der Waals surface area contributed by atoms with Crippen LogP contribution in [0.2, 0.25) is 0 Å².